The van der Waals surface area contributed by atoms with Gasteiger partial charge in [-0.1, -0.05) is 36.4 Å². The molecule has 0 aromatic heterocycles. The van der Waals surface area contributed by atoms with Crippen molar-refractivity contribution in [3.63, 3.8) is 0 Å². The number of ether oxygens (including phenoxy) is 2. The van der Waals surface area contributed by atoms with Crippen LogP contribution in [0.4, 0.5) is 0 Å². The van der Waals surface area contributed by atoms with Crippen molar-refractivity contribution >= 4 is 22.6 Å². The van der Waals surface area contributed by atoms with Gasteiger partial charge in [-0.3, -0.25) is 4.79 Å². The maximum atomic E-state index is 12.2. The maximum Gasteiger partial charge on any atom is 0.343 e. The molecule has 0 radical (unpaired) electrons. The van der Waals surface area contributed by atoms with Gasteiger partial charge in [-0.05, 0) is 65.4 Å². The summed E-state index contributed by atoms with van der Waals surface area (Å²) in [6, 6.07) is 26.5. The minimum absolute atomic E-state index is 0.383. The SMILES string of the molecule is NC(=O)c1cccc(Oc2ccc3cc(OC(=O)c4ccccc4)ccc3c2)c1. The number of carbonyl (C=O) groups is 2. The quantitative estimate of drug-likeness (QED) is 0.391. The number of hydrogen-bond acceptors (Lipinski definition) is 4. The zero-order valence-corrected chi connectivity index (χ0v) is 15.4. The lowest BCUT2D eigenvalue weighted by molar-refractivity contribution is 0.0734. The Morgan fingerprint density at radius 3 is 1.97 bits per heavy atom. The highest BCUT2D eigenvalue weighted by Crippen LogP contribution is 2.28. The van der Waals surface area contributed by atoms with Gasteiger partial charge in [0.2, 0.25) is 5.91 Å². The Hall–Kier alpha value is -4.12. The van der Waals surface area contributed by atoms with Gasteiger partial charge in [-0.2, -0.15) is 0 Å². The number of primary amides is 1. The van der Waals surface area contributed by atoms with E-state index in [1.807, 2.05) is 30.3 Å². The predicted octanol–water partition coefficient (Wildman–Crippen LogP) is 4.95. The molecule has 5 nitrogen and oxygen atoms in total. The second-order valence-corrected chi connectivity index (χ2v) is 6.42. The molecule has 4 rings (SSSR count). The van der Waals surface area contributed by atoms with E-state index in [0.717, 1.165) is 10.8 Å². The molecule has 0 saturated carbocycles. The van der Waals surface area contributed by atoms with Crippen LogP contribution in [0.5, 0.6) is 17.2 Å². The van der Waals surface area contributed by atoms with E-state index in [-0.39, 0.29) is 0 Å². The summed E-state index contributed by atoms with van der Waals surface area (Å²) in [5.41, 5.74) is 6.18. The number of carbonyl (C=O) groups excluding carboxylic acids is 2. The third kappa shape index (κ3) is 4.25. The third-order valence-electron chi connectivity index (χ3n) is 4.36. The first-order chi connectivity index (χ1) is 14.1. The zero-order valence-electron chi connectivity index (χ0n) is 15.4. The minimum atomic E-state index is -0.508. The molecule has 0 atom stereocenters. The molecule has 0 aliphatic heterocycles. The van der Waals surface area contributed by atoms with Gasteiger partial charge >= 0.3 is 5.97 Å². The second-order valence-electron chi connectivity index (χ2n) is 6.42. The topological polar surface area (TPSA) is 78.6 Å². The molecular formula is C24H17NO4. The Balaban J connectivity index is 1.53. The van der Waals surface area contributed by atoms with Crippen molar-refractivity contribution in [2.75, 3.05) is 0 Å². The highest BCUT2D eigenvalue weighted by atomic mass is 16.5. The van der Waals surface area contributed by atoms with E-state index in [4.69, 9.17) is 15.2 Å². The molecule has 0 fully saturated rings. The van der Waals surface area contributed by atoms with Gasteiger partial charge in [-0.25, -0.2) is 4.79 Å². The summed E-state index contributed by atoms with van der Waals surface area (Å²) in [5.74, 6) is 0.696. The molecule has 0 heterocycles. The number of nitrogens with two attached hydrogens (primary N) is 1. The fourth-order valence-electron chi connectivity index (χ4n) is 2.92. The molecule has 4 aromatic rings. The van der Waals surface area contributed by atoms with Crippen molar-refractivity contribution in [2.24, 2.45) is 5.73 Å². The summed E-state index contributed by atoms with van der Waals surface area (Å²) in [7, 11) is 0. The number of rotatable bonds is 5. The standard InChI is InChI=1S/C24H17NO4/c25-23(26)19-7-4-8-20(15-19)28-21-11-9-18-14-22(12-10-17(18)13-21)29-24(27)16-5-2-1-3-6-16/h1-15H,(H2,25,26). The highest BCUT2D eigenvalue weighted by Gasteiger charge is 2.09. The molecule has 2 N–H and O–H groups in total. The van der Waals surface area contributed by atoms with Gasteiger partial charge in [0.1, 0.15) is 17.2 Å². The molecule has 0 unspecified atom stereocenters. The molecule has 29 heavy (non-hydrogen) atoms. The fraction of sp³-hybridized carbons (Fsp3) is 0. The Morgan fingerprint density at radius 2 is 1.24 bits per heavy atom. The van der Waals surface area contributed by atoms with Crippen molar-refractivity contribution < 1.29 is 19.1 Å². The van der Waals surface area contributed by atoms with Crippen molar-refractivity contribution in [1.82, 2.24) is 0 Å². The number of hydrogen-bond donors (Lipinski definition) is 1. The van der Waals surface area contributed by atoms with Crippen LogP contribution in [-0.2, 0) is 0 Å². The van der Waals surface area contributed by atoms with Crippen molar-refractivity contribution in [3.8, 4) is 17.2 Å². The first-order valence-corrected chi connectivity index (χ1v) is 8.97. The molecule has 142 valence electrons. The summed E-state index contributed by atoms with van der Waals surface area (Å²) in [6.45, 7) is 0. The predicted molar refractivity (Wildman–Crippen MR) is 110 cm³/mol. The number of esters is 1. The Kier molecular flexibility index (Phi) is 4.95. The fourth-order valence-corrected chi connectivity index (χ4v) is 2.92. The van der Waals surface area contributed by atoms with Crippen LogP contribution < -0.4 is 15.2 Å². The highest BCUT2D eigenvalue weighted by molar-refractivity contribution is 5.93. The molecule has 0 aliphatic rings. The van der Waals surface area contributed by atoms with Crippen LogP contribution in [0.2, 0.25) is 0 Å². The molecule has 0 saturated heterocycles. The van der Waals surface area contributed by atoms with Crippen LogP contribution in [0.3, 0.4) is 0 Å². The third-order valence-corrected chi connectivity index (χ3v) is 4.36. The summed E-state index contributed by atoms with van der Waals surface area (Å²) in [5, 5.41) is 1.83. The lowest BCUT2D eigenvalue weighted by atomic mass is 10.1. The molecular weight excluding hydrogens is 366 g/mol. The van der Waals surface area contributed by atoms with Gasteiger partial charge < -0.3 is 15.2 Å². The average Bonchev–Trinajstić information content (AvgIpc) is 2.74. The maximum absolute atomic E-state index is 12.2. The van der Waals surface area contributed by atoms with Crippen LogP contribution >= 0.6 is 0 Å². The molecule has 0 aliphatic carbocycles. The van der Waals surface area contributed by atoms with Gasteiger partial charge in [0.05, 0.1) is 5.56 Å². The number of fused-ring (bicyclic) bond motifs is 1. The van der Waals surface area contributed by atoms with E-state index in [1.54, 1.807) is 60.7 Å². The summed E-state index contributed by atoms with van der Waals surface area (Å²) in [4.78, 5) is 23.5. The molecule has 5 heteroatoms. The Labute approximate surface area is 167 Å². The van der Waals surface area contributed by atoms with E-state index in [2.05, 4.69) is 0 Å². The second kappa shape index (κ2) is 7.86. The van der Waals surface area contributed by atoms with Crippen LogP contribution in [-0.4, -0.2) is 11.9 Å². The lowest BCUT2D eigenvalue weighted by Gasteiger charge is -2.09. The van der Waals surface area contributed by atoms with E-state index < -0.39 is 11.9 Å². The zero-order chi connectivity index (χ0) is 20.2. The molecule has 4 aromatic carbocycles. The first kappa shape index (κ1) is 18.3. The number of amides is 1. The largest absolute Gasteiger partial charge is 0.457 e. The summed E-state index contributed by atoms with van der Waals surface area (Å²) in [6.07, 6.45) is 0. The van der Waals surface area contributed by atoms with Crippen molar-refractivity contribution in [1.29, 1.82) is 0 Å². The van der Waals surface area contributed by atoms with Gasteiger partial charge in [0, 0.05) is 5.56 Å². The molecule has 0 bridgehead atoms. The van der Waals surface area contributed by atoms with Crippen molar-refractivity contribution in [3.05, 3.63) is 102 Å². The van der Waals surface area contributed by atoms with Gasteiger partial charge in [0.25, 0.3) is 0 Å². The van der Waals surface area contributed by atoms with Crippen LogP contribution in [0.1, 0.15) is 20.7 Å². The monoisotopic (exact) mass is 383 g/mol. The lowest BCUT2D eigenvalue weighted by Crippen LogP contribution is -2.10. The van der Waals surface area contributed by atoms with Gasteiger partial charge in [0.15, 0.2) is 0 Å². The smallest absolute Gasteiger partial charge is 0.343 e. The van der Waals surface area contributed by atoms with Crippen LogP contribution in [0.15, 0.2) is 91.0 Å². The average molecular weight is 383 g/mol. The first-order valence-electron chi connectivity index (χ1n) is 8.97. The van der Waals surface area contributed by atoms with E-state index >= 15 is 0 Å². The van der Waals surface area contributed by atoms with E-state index in [0.29, 0.717) is 28.4 Å². The Morgan fingerprint density at radius 1 is 0.621 bits per heavy atom. The minimum Gasteiger partial charge on any atom is -0.457 e. The van der Waals surface area contributed by atoms with E-state index in [1.165, 1.54) is 0 Å². The van der Waals surface area contributed by atoms with Gasteiger partial charge in [-0.15, -0.1) is 0 Å². The van der Waals surface area contributed by atoms with E-state index in [9.17, 15) is 9.59 Å². The molecule has 1 amide bonds. The van der Waals surface area contributed by atoms with Crippen LogP contribution in [0, 0.1) is 0 Å². The van der Waals surface area contributed by atoms with Crippen molar-refractivity contribution in [2.45, 2.75) is 0 Å². The molecule has 0 spiro atoms. The van der Waals surface area contributed by atoms with Crippen LogP contribution in [0.25, 0.3) is 10.8 Å². The summed E-state index contributed by atoms with van der Waals surface area (Å²) < 4.78 is 11.3. The Bertz CT molecular complexity index is 1200. The normalized spacial score (nSPS) is 10.5. The number of benzene rings is 4. The summed E-state index contributed by atoms with van der Waals surface area (Å²) >= 11 is 0.